The quantitative estimate of drug-likeness (QED) is 0.758. The highest BCUT2D eigenvalue weighted by Gasteiger charge is 2.36. The summed E-state index contributed by atoms with van der Waals surface area (Å²) in [6, 6.07) is 4.89. The number of rotatable bonds is 3. The van der Waals surface area contributed by atoms with Crippen molar-refractivity contribution < 1.29 is 14.6 Å². The molecule has 0 unspecified atom stereocenters. The van der Waals surface area contributed by atoms with Gasteiger partial charge in [-0.1, -0.05) is 0 Å². The smallest absolute Gasteiger partial charge is 0.320 e. The maximum atomic E-state index is 11.7. The van der Waals surface area contributed by atoms with E-state index in [9.17, 15) is 9.90 Å². The van der Waals surface area contributed by atoms with Crippen molar-refractivity contribution in [2.75, 3.05) is 25.1 Å². The van der Waals surface area contributed by atoms with Gasteiger partial charge in [0.25, 0.3) is 0 Å². The molecule has 3 N–H and O–H groups in total. The van der Waals surface area contributed by atoms with Gasteiger partial charge < -0.3 is 15.2 Å². The number of fused-ring (bicyclic) bond motifs is 1. The standard InChI is InChI=1S/C13H14N4O3/c18-12(15-6-13(19)7-20-8-13)17-11-2-1-9-5-14-4-3-10(9)16-11/h1-5,19H,6-8H2,(H2,15,16,17,18). The van der Waals surface area contributed by atoms with E-state index >= 15 is 0 Å². The molecule has 0 bridgehead atoms. The van der Waals surface area contributed by atoms with Gasteiger partial charge in [0.15, 0.2) is 0 Å². The van der Waals surface area contributed by atoms with Gasteiger partial charge >= 0.3 is 6.03 Å². The minimum absolute atomic E-state index is 0.149. The van der Waals surface area contributed by atoms with Crippen molar-refractivity contribution in [2.24, 2.45) is 0 Å². The number of nitrogens with zero attached hydrogens (tertiary/aromatic N) is 2. The lowest BCUT2D eigenvalue weighted by molar-refractivity contribution is -0.173. The summed E-state index contributed by atoms with van der Waals surface area (Å²) in [4.78, 5) is 20.0. The van der Waals surface area contributed by atoms with Crippen LogP contribution >= 0.6 is 0 Å². The number of carbonyl (C=O) groups is 1. The van der Waals surface area contributed by atoms with E-state index < -0.39 is 11.6 Å². The second-order valence-corrected chi connectivity index (χ2v) is 4.79. The zero-order chi connectivity index (χ0) is 14.0. The summed E-state index contributed by atoms with van der Waals surface area (Å²) in [7, 11) is 0. The molecule has 3 heterocycles. The summed E-state index contributed by atoms with van der Waals surface area (Å²) in [5.41, 5.74) is -0.191. The van der Waals surface area contributed by atoms with Crippen LogP contribution in [-0.4, -0.2) is 46.5 Å². The van der Waals surface area contributed by atoms with Gasteiger partial charge in [-0.25, -0.2) is 9.78 Å². The molecule has 2 aromatic rings. The first kappa shape index (κ1) is 12.8. The van der Waals surface area contributed by atoms with Crippen LogP contribution in [-0.2, 0) is 4.74 Å². The van der Waals surface area contributed by atoms with Crippen LogP contribution in [0.25, 0.3) is 10.9 Å². The molecule has 1 saturated heterocycles. The van der Waals surface area contributed by atoms with Gasteiger partial charge in [-0.3, -0.25) is 10.3 Å². The SMILES string of the molecule is O=C(NCC1(O)COC1)Nc1ccc2cnccc2n1. The lowest BCUT2D eigenvalue weighted by atomic mass is 10.0. The maximum absolute atomic E-state index is 11.7. The normalized spacial score (nSPS) is 16.4. The first-order valence-corrected chi connectivity index (χ1v) is 6.20. The Morgan fingerprint density at radius 2 is 2.25 bits per heavy atom. The summed E-state index contributed by atoms with van der Waals surface area (Å²) in [5.74, 6) is 0.443. The predicted octanol–water partition coefficient (Wildman–Crippen LogP) is 0.513. The van der Waals surface area contributed by atoms with E-state index in [1.54, 1.807) is 24.5 Å². The molecule has 0 atom stereocenters. The molecular weight excluding hydrogens is 260 g/mol. The summed E-state index contributed by atoms with van der Waals surface area (Å²) in [5, 5.41) is 15.9. The van der Waals surface area contributed by atoms with Crippen molar-refractivity contribution in [1.82, 2.24) is 15.3 Å². The molecule has 104 valence electrons. The number of carbonyl (C=O) groups excluding carboxylic acids is 1. The number of nitrogens with one attached hydrogen (secondary N) is 2. The maximum Gasteiger partial charge on any atom is 0.320 e. The van der Waals surface area contributed by atoms with Crippen LogP contribution in [0.15, 0.2) is 30.6 Å². The minimum atomic E-state index is -0.945. The molecular formula is C13H14N4O3. The molecule has 0 aliphatic carbocycles. The van der Waals surface area contributed by atoms with Crippen LogP contribution in [0.3, 0.4) is 0 Å². The van der Waals surface area contributed by atoms with Gasteiger partial charge in [0, 0.05) is 17.8 Å². The van der Waals surface area contributed by atoms with E-state index in [1.807, 2.05) is 6.07 Å². The Morgan fingerprint density at radius 3 is 3.00 bits per heavy atom. The molecule has 1 aliphatic rings. The minimum Gasteiger partial charge on any atom is -0.383 e. The molecule has 0 saturated carbocycles. The molecule has 7 nitrogen and oxygen atoms in total. The summed E-state index contributed by atoms with van der Waals surface area (Å²) < 4.78 is 4.90. The highest BCUT2D eigenvalue weighted by molar-refractivity contribution is 5.90. The van der Waals surface area contributed by atoms with E-state index in [0.29, 0.717) is 5.82 Å². The number of aromatic nitrogens is 2. The fraction of sp³-hybridized carbons (Fsp3) is 0.308. The van der Waals surface area contributed by atoms with Gasteiger partial charge in [0.05, 0.1) is 25.3 Å². The third-order valence-electron chi connectivity index (χ3n) is 3.05. The van der Waals surface area contributed by atoms with E-state index in [0.717, 1.165) is 10.9 Å². The van der Waals surface area contributed by atoms with Gasteiger partial charge in [0.1, 0.15) is 11.4 Å². The predicted molar refractivity (Wildman–Crippen MR) is 72.3 cm³/mol. The number of hydrogen-bond acceptors (Lipinski definition) is 5. The average Bonchev–Trinajstić information content (AvgIpc) is 2.43. The molecule has 0 radical (unpaired) electrons. The largest absolute Gasteiger partial charge is 0.383 e. The Balaban J connectivity index is 1.62. The zero-order valence-electron chi connectivity index (χ0n) is 10.7. The molecule has 0 spiro atoms. The summed E-state index contributed by atoms with van der Waals surface area (Å²) in [6.07, 6.45) is 3.35. The number of aliphatic hydroxyl groups is 1. The van der Waals surface area contributed by atoms with E-state index in [-0.39, 0.29) is 19.8 Å². The van der Waals surface area contributed by atoms with Gasteiger partial charge in [-0.2, -0.15) is 0 Å². The molecule has 3 rings (SSSR count). The van der Waals surface area contributed by atoms with Gasteiger partial charge in [0.2, 0.25) is 0 Å². The molecule has 1 aliphatic heterocycles. The number of anilines is 1. The van der Waals surface area contributed by atoms with Crippen molar-refractivity contribution in [3.8, 4) is 0 Å². The number of amides is 2. The number of ether oxygens (including phenoxy) is 1. The fourth-order valence-corrected chi connectivity index (χ4v) is 1.88. The van der Waals surface area contributed by atoms with Crippen LogP contribution in [0, 0.1) is 0 Å². The first-order chi connectivity index (χ1) is 9.65. The third kappa shape index (κ3) is 2.68. The van der Waals surface area contributed by atoms with Crippen LogP contribution in [0.4, 0.5) is 10.6 Å². The van der Waals surface area contributed by atoms with Crippen molar-refractivity contribution in [1.29, 1.82) is 0 Å². The van der Waals surface area contributed by atoms with Crippen molar-refractivity contribution in [2.45, 2.75) is 5.60 Å². The van der Waals surface area contributed by atoms with Crippen molar-refractivity contribution in [3.05, 3.63) is 30.6 Å². The topological polar surface area (TPSA) is 96.4 Å². The zero-order valence-corrected chi connectivity index (χ0v) is 10.7. The average molecular weight is 274 g/mol. The number of urea groups is 1. The monoisotopic (exact) mass is 274 g/mol. The van der Waals surface area contributed by atoms with E-state index in [1.165, 1.54) is 0 Å². The van der Waals surface area contributed by atoms with Crippen molar-refractivity contribution in [3.63, 3.8) is 0 Å². The van der Waals surface area contributed by atoms with Gasteiger partial charge in [-0.15, -0.1) is 0 Å². The highest BCUT2D eigenvalue weighted by atomic mass is 16.5. The number of pyridine rings is 2. The first-order valence-electron chi connectivity index (χ1n) is 6.20. The number of hydrogen-bond donors (Lipinski definition) is 3. The van der Waals surface area contributed by atoms with Crippen molar-refractivity contribution >= 4 is 22.8 Å². The Kier molecular flexibility index (Phi) is 3.21. The molecule has 2 aromatic heterocycles. The third-order valence-corrected chi connectivity index (χ3v) is 3.05. The van der Waals surface area contributed by atoms with Crippen LogP contribution < -0.4 is 10.6 Å². The van der Waals surface area contributed by atoms with E-state index in [4.69, 9.17) is 4.74 Å². The summed E-state index contributed by atoms with van der Waals surface area (Å²) >= 11 is 0. The Hall–Kier alpha value is -2.25. The van der Waals surface area contributed by atoms with Crippen LogP contribution in [0.2, 0.25) is 0 Å². The van der Waals surface area contributed by atoms with Crippen LogP contribution in [0.1, 0.15) is 0 Å². The Labute approximate surface area is 115 Å². The Morgan fingerprint density at radius 1 is 1.40 bits per heavy atom. The molecule has 0 aromatic carbocycles. The molecule has 7 heteroatoms. The highest BCUT2D eigenvalue weighted by Crippen LogP contribution is 2.15. The molecule has 20 heavy (non-hydrogen) atoms. The fourth-order valence-electron chi connectivity index (χ4n) is 1.88. The second-order valence-electron chi connectivity index (χ2n) is 4.79. The van der Waals surface area contributed by atoms with E-state index in [2.05, 4.69) is 20.6 Å². The molecule has 2 amide bonds. The van der Waals surface area contributed by atoms with Gasteiger partial charge in [-0.05, 0) is 18.2 Å². The lowest BCUT2D eigenvalue weighted by Crippen LogP contribution is -2.57. The second kappa shape index (κ2) is 5.03. The Bertz CT molecular complexity index is 642. The molecule has 1 fully saturated rings. The van der Waals surface area contributed by atoms with Crippen LogP contribution in [0.5, 0.6) is 0 Å². The lowest BCUT2D eigenvalue weighted by Gasteiger charge is -2.36. The summed E-state index contributed by atoms with van der Waals surface area (Å²) in [6.45, 7) is 0.638.